The number of rotatable bonds is 3. The van der Waals surface area contributed by atoms with E-state index in [0.29, 0.717) is 24.9 Å². The van der Waals surface area contributed by atoms with Gasteiger partial charge in [0.1, 0.15) is 0 Å². The van der Waals surface area contributed by atoms with Crippen molar-refractivity contribution >= 4 is 16.0 Å². The van der Waals surface area contributed by atoms with Crippen LogP contribution in [0.4, 0.5) is 0 Å². The molecule has 2 unspecified atom stereocenters. The van der Waals surface area contributed by atoms with Crippen molar-refractivity contribution in [3.8, 4) is 0 Å². The van der Waals surface area contributed by atoms with Crippen molar-refractivity contribution in [2.45, 2.75) is 20.3 Å². The van der Waals surface area contributed by atoms with E-state index in [4.69, 9.17) is 5.11 Å². The second-order valence-corrected chi connectivity index (χ2v) is 6.38. The average molecular weight is 235 g/mol. The molecule has 1 aliphatic rings. The van der Waals surface area contributed by atoms with Gasteiger partial charge in [0.25, 0.3) is 0 Å². The lowest BCUT2D eigenvalue weighted by atomic mass is 9.94. The predicted octanol–water partition coefficient (Wildman–Crippen LogP) is 0.379. The molecule has 1 aliphatic heterocycles. The van der Waals surface area contributed by atoms with Crippen LogP contribution in [0.2, 0.25) is 0 Å². The molecule has 1 heterocycles. The van der Waals surface area contributed by atoms with E-state index in [1.807, 2.05) is 13.8 Å². The minimum Gasteiger partial charge on any atom is -0.480 e. The number of aliphatic carboxylic acids is 1. The Morgan fingerprint density at radius 1 is 1.33 bits per heavy atom. The number of piperidine rings is 1. The summed E-state index contributed by atoms with van der Waals surface area (Å²) in [4.78, 5) is 10.4. The highest BCUT2D eigenvalue weighted by Crippen LogP contribution is 2.23. The van der Waals surface area contributed by atoms with Crippen molar-refractivity contribution in [2.75, 3.05) is 18.8 Å². The van der Waals surface area contributed by atoms with Crippen molar-refractivity contribution in [3.63, 3.8) is 0 Å². The molecule has 0 aromatic rings. The fraction of sp³-hybridized carbons (Fsp3) is 0.889. The third-order valence-electron chi connectivity index (χ3n) is 2.53. The molecule has 1 rings (SSSR count). The first-order valence-corrected chi connectivity index (χ1v) is 6.62. The summed E-state index contributed by atoms with van der Waals surface area (Å²) < 4.78 is 24.6. The number of hydrogen-bond acceptors (Lipinski definition) is 3. The van der Waals surface area contributed by atoms with Crippen LogP contribution in [0.3, 0.4) is 0 Å². The first kappa shape index (κ1) is 12.4. The minimum atomic E-state index is -3.61. The number of hydrogen-bond donors (Lipinski definition) is 1. The lowest BCUT2D eigenvalue weighted by molar-refractivity contribution is -0.134. The van der Waals surface area contributed by atoms with Crippen LogP contribution < -0.4 is 0 Å². The van der Waals surface area contributed by atoms with Crippen LogP contribution in [-0.4, -0.2) is 42.6 Å². The van der Waals surface area contributed by atoms with Gasteiger partial charge in [-0.3, -0.25) is 4.79 Å². The Hall–Kier alpha value is -0.620. The average Bonchev–Trinajstić information content (AvgIpc) is 1.99. The van der Waals surface area contributed by atoms with Crippen LogP contribution in [0.5, 0.6) is 0 Å². The fourth-order valence-electron chi connectivity index (χ4n) is 2.08. The topological polar surface area (TPSA) is 74.7 Å². The first-order valence-electron chi connectivity index (χ1n) is 5.01. The summed E-state index contributed by atoms with van der Waals surface area (Å²) in [6.45, 7) is 4.86. The zero-order valence-electron chi connectivity index (χ0n) is 9.01. The molecule has 2 atom stereocenters. The van der Waals surface area contributed by atoms with Gasteiger partial charge in [0.05, 0.1) is 0 Å². The molecule has 5 nitrogen and oxygen atoms in total. The van der Waals surface area contributed by atoms with Crippen LogP contribution >= 0.6 is 0 Å². The van der Waals surface area contributed by atoms with Crippen LogP contribution in [-0.2, 0) is 14.8 Å². The minimum absolute atomic E-state index is 0.303. The molecule has 0 spiro atoms. The molecule has 0 aromatic heterocycles. The molecule has 0 amide bonds. The van der Waals surface area contributed by atoms with Gasteiger partial charge in [-0.15, -0.1) is 0 Å². The van der Waals surface area contributed by atoms with Gasteiger partial charge < -0.3 is 5.11 Å². The molecular weight excluding hydrogens is 218 g/mol. The van der Waals surface area contributed by atoms with E-state index >= 15 is 0 Å². The highest BCUT2D eigenvalue weighted by atomic mass is 32.2. The molecule has 1 saturated heterocycles. The van der Waals surface area contributed by atoms with Crippen LogP contribution in [0.25, 0.3) is 0 Å². The van der Waals surface area contributed by atoms with Crippen molar-refractivity contribution in [1.29, 1.82) is 0 Å². The third kappa shape index (κ3) is 3.46. The van der Waals surface area contributed by atoms with Gasteiger partial charge in [-0.25, -0.2) is 12.7 Å². The Morgan fingerprint density at radius 3 is 2.20 bits per heavy atom. The zero-order chi connectivity index (χ0) is 11.6. The number of carbonyl (C=O) groups is 1. The van der Waals surface area contributed by atoms with Crippen molar-refractivity contribution in [1.82, 2.24) is 4.31 Å². The monoisotopic (exact) mass is 235 g/mol. The van der Waals surface area contributed by atoms with Gasteiger partial charge in [-0.1, -0.05) is 13.8 Å². The molecule has 1 fully saturated rings. The standard InChI is InChI=1S/C9H17NO4S/c1-7-3-8(2)5-10(4-7)15(13,14)6-9(11)12/h7-8H,3-6H2,1-2H3,(H,11,12). The van der Waals surface area contributed by atoms with Gasteiger partial charge in [0, 0.05) is 13.1 Å². The summed E-state index contributed by atoms with van der Waals surface area (Å²) in [5.74, 6) is -1.48. The summed E-state index contributed by atoms with van der Waals surface area (Å²) in [5, 5.41) is 8.51. The molecule has 0 radical (unpaired) electrons. The third-order valence-corrected chi connectivity index (χ3v) is 4.23. The number of carboxylic acid groups (broad SMARTS) is 1. The van der Waals surface area contributed by atoms with E-state index in [0.717, 1.165) is 6.42 Å². The highest BCUT2D eigenvalue weighted by molar-refractivity contribution is 7.89. The second-order valence-electron chi connectivity index (χ2n) is 4.41. The molecular formula is C9H17NO4S. The quantitative estimate of drug-likeness (QED) is 0.767. The first-order chi connectivity index (χ1) is 6.81. The van der Waals surface area contributed by atoms with E-state index in [1.54, 1.807) is 0 Å². The summed E-state index contributed by atoms with van der Waals surface area (Å²) in [6, 6.07) is 0. The SMILES string of the molecule is CC1CC(C)CN(S(=O)(=O)CC(=O)O)C1. The molecule has 15 heavy (non-hydrogen) atoms. The Balaban J connectivity index is 2.74. The van der Waals surface area contributed by atoms with E-state index < -0.39 is 21.7 Å². The Labute approximate surface area is 90.1 Å². The fourth-order valence-corrected chi connectivity index (χ4v) is 3.54. The number of carboxylic acids is 1. The van der Waals surface area contributed by atoms with Gasteiger partial charge in [0.15, 0.2) is 5.75 Å². The molecule has 0 aromatic carbocycles. The van der Waals surface area contributed by atoms with E-state index in [9.17, 15) is 13.2 Å². The Bertz CT molecular complexity index is 328. The molecule has 88 valence electrons. The predicted molar refractivity (Wildman–Crippen MR) is 55.9 cm³/mol. The van der Waals surface area contributed by atoms with Crippen molar-refractivity contribution in [2.24, 2.45) is 11.8 Å². The zero-order valence-corrected chi connectivity index (χ0v) is 9.83. The van der Waals surface area contributed by atoms with E-state index in [2.05, 4.69) is 0 Å². The molecule has 0 aliphatic carbocycles. The van der Waals surface area contributed by atoms with Crippen molar-refractivity contribution in [3.05, 3.63) is 0 Å². The maximum atomic E-state index is 11.6. The summed E-state index contributed by atoms with van der Waals surface area (Å²) in [6.07, 6.45) is 0.999. The van der Waals surface area contributed by atoms with Gasteiger partial charge in [-0.2, -0.15) is 0 Å². The van der Waals surface area contributed by atoms with Gasteiger partial charge in [-0.05, 0) is 18.3 Å². The number of nitrogens with zero attached hydrogens (tertiary/aromatic N) is 1. The smallest absolute Gasteiger partial charge is 0.320 e. The number of sulfonamides is 1. The van der Waals surface area contributed by atoms with E-state index in [1.165, 1.54) is 4.31 Å². The molecule has 6 heteroatoms. The summed E-state index contributed by atoms with van der Waals surface area (Å²) >= 11 is 0. The van der Waals surface area contributed by atoms with Crippen molar-refractivity contribution < 1.29 is 18.3 Å². The summed E-state index contributed by atoms with van der Waals surface area (Å²) in [5.41, 5.74) is 0. The van der Waals surface area contributed by atoms with Crippen LogP contribution in [0.15, 0.2) is 0 Å². The second kappa shape index (κ2) is 4.49. The van der Waals surface area contributed by atoms with Gasteiger partial charge >= 0.3 is 5.97 Å². The lowest BCUT2D eigenvalue weighted by Crippen LogP contribution is -2.44. The van der Waals surface area contributed by atoms with Gasteiger partial charge in [0.2, 0.25) is 10.0 Å². The van der Waals surface area contributed by atoms with Crippen LogP contribution in [0.1, 0.15) is 20.3 Å². The summed E-state index contributed by atoms with van der Waals surface area (Å²) in [7, 11) is -3.61. The largest absolute Gasteiger partial charge is 0.480 e. The molecule has 0 saturated carbocycles. The molecule has 0 bridgehead atoms. The normalized spacial score (nSPS) is 28.9. The lowest BCUT2D eigenvalue weighted by Gasteiger charge is -2.33. The van der Waals surface area contributed by atoms with E-state index in [-0.39, 0.29) is 0 Å². The van der Waals surface area contributed by atoms with Crippen LogP contribution in [0, 0.1) is 11.8 Å². The Morgan fingerprint density at radius 2 is 1.80 bits per heavy atom. The molecule has 1 N–H and O–H groups in total. The maximum absolute atomic E-state index is 11.6. The maximum Gasteiger partial charge on any atom is 0.320 e. The highest BCUT2D eigenvalue weighted by Gasteiger charge is 2.31. The Kier molecular flexibility index (Phi) is 3.72.